The Hall–Kier alpha value is -2.16. The molecule has 0 N–H and O–H groups in total. The van der Waals surface area contributed by atoms with Crippen molar-refractivity contribution in [3.63, 3.8) is 0 Å². The van der Waals surface area contributed by atoms with E-state index < -0.39 is 0 Å². The van der Waals surface area contributed by atoms with Crippen LogP contribution in [0.4, 0.5) is 4.39 Å². The van der Waals surface area contributed by atoms with Gasteiger partial charge in [0.15, 0.2) is 0 Å². The third kappa shape index (κ3) is 2.81. The van der Waals surface area contributed by atoms with Crippen LogP contribution in [0.1, 0.15) is 17.5 Å². The summed E-state index contributed by atoms with van der Waals surface area (Å²) in [4.78, 5) is 5.45. The normalized spacial score (nSPS) is 17.9. The van der Waals surface area contributed by atoms with Crippen molar-refractivity contribution < 1.29 is 9.23 Å². The van der Waals surface area contributed by atoms with Gasteiger partial charge in [0.1, 0.15) is 11.9 Å². The van der Waals surface area contributed by atoms with Gasteiger partial charge in [0.25, 0.3) is 0 Å². The van der Waals surface area contributed by atoms with Gasteiger partial charge >= 0.3 is 0 Å². The largest absolute Gasteiger partial charge is 0.391 e. The predicted molar refractivity (Wildman–Crippen MR) is 72.6 cm³/mol. The molecular weight excluding hydrogens is 241 g/mol. The van der Waals surface area contributed by atoms with Crippen LogP contribution in [0.3, 0.4) is 0 Å². The van der Waals surface area contributed by atoms with E-state index in [1.165, 1.54) is 17.7 Å². The van der Waals surface area contributed by atoms with Crippen LogP contribution in [-0.4, -0.2) is 11.8 Å². The van der Waals surface area contributed by atoms with Gasteiger partial charge in [0.05, 0.1) is 5.71 Å². The third-order valence-corrected chi connectivity index (χ3v) is 3.22. The summed E-state index contributed by atoms with van der Waals surface area (Å²) in [7, 11) is 0. The Labute approximate surface area is 111 Å². The molecule has 96 valence electrons. The van der Waals surface area contributed by atoms with Crippen LogP contribution >= 0.6 is 0 Å². The Morgan fingerprint density at radius 1 is 1.05 bits per heavy atom. The molecule has 0 fully saturated rings. The van der Waals surface area contributed by atoms with Crippen LogP contribution in [-0.2, 0) is 11.3 Å². The van der Waals surface area contributed by atoms with Crippen LogP contribution in [0, 0.1) is 5.82 Å². The van der Waals surface area contributed by atoms with Gasteiger partial charge in [-0.15, -0.1) is 0 Å². The lowest BCUT2D eigenvalue weighted by Crippen LogP contribution is -2.11. The molecule has 19 heavy (non-hydrogen) atoms. The number of nitrogens with zero attached hydrogens (tertiary/aromatic N) is 1. The van der Waals surface area contributed by atoms with E-state index in [-0.39, 0.29) is 11.9 Å². The minimum atomic E-state index is -0.232. The molecule has 1 aliphatic rings. The first kappa shape index (κ1) is 11.9. The average Bonchev–Trinajstić information content (AvgIpc) is 2.89. The van der Waals surface area contributed by atoms with Gasteiger partial charge < -0.3 is 4.84 Å². The van der Waals surface area contributed by atoms with E-state index in [4.69, 9.17) is 4.84 Å². The molecule has 0 bridgehead atoms. The zero-order chi connectivity index (χ0) is 13.1. The van der Waals surface area contributed by atoms with Gasteiger partial charge in [-0.2, -0.15) is 0 Å². The van der Waals surface area contributed by atoms with E-state index in [1.54, 1.807) is 12.1 Å². The highest BCUT2D eigenvalue weighted by molar-refractivity contribution is 6.01. The summed E-state index contributed by atoms with van der Waals surface area (Å²) in [6, 6.07) is 16.6. The number of halogens is 1. The molecule has 0 saturated heterocycles. The van der Waals surface area contributed by atoms with Crippen LogP contribution in [0.5, 0.6) is 0 Å². The van der Waals surface area contributed by atoms with Gasteiger partial charge in [-0.1, -0.05) is 47.6 Å². The van der Waals surface area contributed by atoms with Gasteiger partial charge in [-0.05, 0) is 23.3 Å². The van der Waals surface area contributed by atoms with E-state index in [1.807, 2.05) is 18.2 Å². The van der Waals surface area contributed by atoms with Crippen molar-refractivity contribution in [3.8, 4) is 0 Å². The summed E-state index contributed by atoms with van der Waals surface area (Å²) >= 11 is 0. The molecule has 0 saturated carbocycles. The maximum Gasteiger partial charge on any atom is 0.137 e. The van der Waals surface area contributed by atoms with Crippen molar-refractivity contribution in [1.82, 2.24) is 0 Å². The first-order valence-corrected chi connectivity index (χ1v) is 6.34. The second-order valence-corrected chi connectivity index (χ2v) is 4.67. The highest BCUT2D eigenvalue weighted by Crippen LogP contribution is 2.20. The molecule has 0 spiro atoms. The van der Waals surface area contributed by atoms with E-state index in [9.17, 15) is 4.39 Å². The number of hydrogen-bond donors (Lipinski definition) is 0. The lowest BCUT2D eigenvalue weighted by molar-refractivity contribution is 0.0859. The van der Waals surface area contributed by atoms with E-state index >= 15 is 0 Å². The molecule has 2 aromatic carbocycles. The Kier molecular flexibility index (Phi) is 3.27. The molecule has 1 heterocycles. The molecule has 0 radical (unpaired) electrons. The molecule has 2 aromatic rings. The van der Waals surface area contributed by atoms with Gasteiger partial charge in [0, 0.05) is 12.8 Å². The first-order chi connectivity index (χ1) is 9.31. The second-order valence-electron chi connectivity index (χ2n) is 4.67. The number of oxime groups is 1. The monoisotopic (exact) mass is 255 g/mol. The van der Waals surface area contributed by atoms with Crippen molar-refractivity contribution >= 4 is 5.71 Å². The van der Waals surface area contributed by atoms with Crippen molar-refractivity contribution in [2.45, 2.75) is 18.9 Å². The summed E-state index contributed by atoms with van der Waals surface area (Å²) in [5, 5.41) is 4.11. The maximum atomic E-state index is 12.9. The zero-order valence-electron chi connectivity index (χ0n) is 10.4. The average molecular weight is 255 g/mol. The van der Waals surface area contributed by atoms with Crippen LogP contribution in [0.15, 0.2) is 59.8 Å². The fourth-order valence-corrected chi connectivity index (χ4v) is 2.23. The fourth-order valence-electron chi connectivity index (χ4n) is 2.23. The summed E-state index contributed by atoms with van der Waals surface area (Å²) < 4.78 is 12.9. The summed E-state index contributed by atoms with van der Waals surface area (Å²) in [5.41, 5.74) is 3.06. The maximum absolute atomic E-state index is 12.9. The Morgan fingerprint density at radius 2 is 1.79 bits per heavy atom. The highest BCUT2D eigenvalue weighted by Gasteiger charge is 2.22. The molecule has 3 heteroatoms. The molecule has 2 nitrogen and oxygen atoms in total. The summed E-state index contributed by atoms with van der Waals surface area (Å²) in [6.45, 7) is 0. The fraction of sp³-hybridized carbons (Fsp3) is 0.188. The number of benzene rings is 2. The van der Waals surface area contributed by atoms with Gasteiger partial charge in [-0.25, -0.2) is 4.39 Å². The van der Waals surface area contributed by atoms with Crippen molar-refractivity contribution in [2.75, 3.05) is 0 Å². The molecule has 0 unspecified atom stereocenters. The summed E-state index contributed by atoms with van der Waals surface area (Å²) in [6.07, 6.45) is 1.68. The first-order valence-electron chi connectivity index (χ1n) is 6.34. The van der Waals surface area contributed by atoms with Gasteiger partial charge in [-0.3, -0.25) is 0 Å². The third-order valence-electron chi connectivity index (χ3n) is 3.22. The molecule has 1 atom stereocenters. The van der Waals surface area contributed by atoms with Crippen LogP contribution < -0.4 is 0 Å². The van der Waals surface area contributed by atoms with Crippen LogP contribution in [0.2, 0.25) is 0 Å². The quantitative estimate of drug-likeness (QED) is 0.821. The Bertz CT molecular complexity index is 577. The lowest BCUT2D eigenvalue weighted by atomic mass is 10.0. The van der Waals surface area contributed by atoms with Crippen molar-refractivity contribution in [3.05, 3.63) is 71.5 Å². The Morgan fingerprint density at radius 3 is 2.53 bits per heavy atom. The van der Waals surface area contributed by atoms with Gasteiger partial charge in [0.2, 0.25) is 0 Å². The van der Waals surface area contributed by atoms with Crippen LogP contribution in [0.25, 0.3) is 0 Å². The molecule has 0 aromatic heterocycles. The molecule has 3 rings (SSSR count). The standard InChI is InChI=1S/C16H14FNO/c17-14-8-6-13(7-9-14)16-11-15(19-18-16)10-12-4-2-1-3-5-12/h1-9,15H,10-11H2/t15-/m0/s1. The number of hydrogen-bond acceptors (Lipinski definition) is 2. The summed E-state index contributed by atoms with van der Waals surface area (Å²) in [5.74, 6) is -0.232. The zero-order valence-corrected chi connectivity index (χ0v) is 10.4. The SMILES string of the molecule is Fc1ccc(C2=NO[C@@H](Cc3ccccc3)C2)cc1. The molecule has 0 amide bonds. The van der Waals surface area contributed by atoms with E-state index in [2.05, 4.69) is 17.3 Å². The minimum Gasteiger partial charge on any atom is -0.391 e. The highest BCUT2D eigenvalue weighted by atomic mass is 19.1. The second kappa shape index (κ2) is 5.22. The van der Waals surface area contributed by atoms with Crippen molar-refractivity contribution in [1.29, 1.82) is 0 Å². The minimum absolute atomic E-state index is 0.0717. The van der Waals surface area contributed by atoms with E-state index in [0.717, 1.165) is 24.1 Å². The lowest BCUT2D eigenvalue weighted by Gasteiger charge is -2.07. The molecule has 0 aliphatic carbocycles. The topological polar surface area (TPSA) is 21.6 Å². The molecule has 1 aliphatic heterocycles. The smallest absolute Gasteiger partial charge is 0.137 e. The molecular formula is C16H14FNO. The number of rotatable bonds is 3. The predicted octanol–water partition coefficient (Wildman–Crippen LogP) is 3.56. The van der Waals surface area contributed by atoms with E-state index in [0.29, 0.717) is 0 Å². The van der Waals surface area contributed by atoms with Crippen molar-refractivity contribution in [2.24, 2.45) is 5.16 Å². The Balaban J connectivity index is 1.65.